The van der Waals surface area contributed by atoms with Gasteiger partial charge in [0, 0.05) is 0 Å². The fourth-order valence-corrected chi connectivity index (χ4v) is 0. The topological polar surface area (TPSA) is 104 Å². The van der Waals surface area contributed by atoms with Crippen LogP contribution in [0.15, 0.2) is 0 Å². The first-order chi connectivity index (χ1) is 3.15. The van der Waals surface area contributed by atoms with E-state index in [9.17, 15) is 0 Å². The minimum absolute atomic E-state index is 0. The molecule has 1 N–H and O–H groups in total. The van der Waals surface area contributed by atoms with Gasteiger partial charge in [0.25, 0.3) is 0 Å². The summed E-state index contributed by atoms with van der Waals surface area (Å²) in [5, 5.41) is 14.8. The maximum absolute atomic E-state index is 8.51. The fourth-order valence-electron chi connectivity index (χ4n) is 0. The van der Waals surface area contributed by atoms with Gasteiger partial charge >= 0.3 is 38.2 Å². The van der Waals surface area contributed by atoms with Crippen LogP contribution in [0.2, 0.25) is 0 Å². The van der Waals surface area contributed by atoms with E-state index < -0.39 is 13.8 Å². The van der Waals surface area contributed by atoms with E-state index in [-0.39, 0.29) is 29.6 Å². The molecule has 0 radical (unpaired) electrons. The van der Waals surface area contributed by atoms with Crippen molar-refractivity contribution >= 4 is 8.69 Å². The van der Waals surface area contributed by atoms with Crippen LogP contribution in [-0.2, 0) is 4.57 Å². The van der Waals surface area contributed by atoms with Crippen LogP contribution in [0, 0.1) is 15.3 Å². The first-order valence-corrected chi connectivity index (χ1v) is 1.83. The molecule has 0 saturated heterocycles. The third-order valence-electron chi connectivity index (χ3n) is 0. The number of hydrogen-bond donors (Lipinski definition) is 1. The molecule has 0 fully saturated rings. The van der Waals surface area contributed by atoms with E-state index in [1.807, 2.05) is 0 Å². The second-order valence-electron chi connectivity index (χ2n) is 0.315. The van der Waals surface area contributed by atoms with Crippen molar-refractivity contribution in [2.75, 3.05) is 0 Å². The van der Waals surface area contributed by atoms with Crippen LogP contribution in [-0.4, -0.2) is 9.98 Å². The Morgan fingerprint density at radius 3 is 1.50 bits per heavy atom. The number of rotatable bonds is 0. The molecule has 0 spiro atoms. The van der Waals surface area contributed by atoms with Gasteiger partial charge in [-0.3, -0.25) is 0 Å². The van der Waals surface area contributed by atoms with E-state index in [2.05, 4.69) is 0 Å². The molecular formula is H2NNaO5P+. The van der Waals surface area contributed by atoms with Crippen molar-refractivity contribution in [2.24, 2.45) is 0 Å². The van der Waals surface area contributed by atoms with E-state index in [0.29, 0.717) is 0 Å². The monoisotopic (exact) mass is 150 g/mol. The molecule has 1 atom stereocenters. The molecule has 0 bridgehead atoms. The van der Waals surface area contributed by atoms with Crippen LogP contribution >= 0.6 is 8.69 Å². The van der Waals surface area contributed by atoms with Crippen molar-refractivity contribution in [2.45, 2.75) is 0 Å². The molecule has 0 aliphatic heterocycles. The molecule has 0 heterocycles. The third kappa shape index (κ3) is 2560. The van der Waals surface area contributed by atoms with E-state index in [0.717, 1.165) is 0 Å². The Hall–Kier alpha value is 0.260. The SMILES string of the molecule is O=[N+]([O-])[O-].O=[PH+]O.[Na+]. The van der Waals surface area contributed by atoms with Gasteiger partial charge < -0.3 is 15.3 Å². The number of nitrogens with zero attached hydrogens (tertiary/aromatic N) is 1. The van der Waals surface area contributed by atoms with Gasteiger partial charge in [-0.1, -0.05) is 0 Å². The van der Waals surface area contributed by atoms with Crippen molar-refractivity contribution in [3.05, 3.63) is 15.3 Å². The van der Waals surface area contributed by atoms with E-state index >= 15 is 0 Å². The first kappa shape index (κ1) is 15.7. The van der Waals surface area contributed by atoms with Gasteiger partial charge in [-0.2, -0.15) is 4.89 Å². The second-order valence-corrected chi connectivity index (χ2v) is 0.497. The average Bonchev–Trinajstić information content (AvgIpc) is 1.33. The zero-order chi connectivity index (χ0) is 6.28. The summed E-state index contributed by atoms with van der Waals surface area (Å²) >= 11 is 0. The Kier molecular flexibility index (Phi) is 30.8. The molecule has 0 aromatic rings. The molecule has 6 nitrogen and oxygen atoms in total. The Bertz CT molecular complexity index is 59.4. The van der Waals surface area contributed by atoms with Crippen LogP contribution in [0.4, 0.5) is 0 Å². The molecule has 0 saturated carbocycles. The Labute approximate surface area is 68.2 Å². The Balaban J connectivity index is -0.0000000575. The van der Waals surface area contributed by atoms with E-state index in [1.54, 1.807) is 0 Å². The summed E-state index contributed by atoms with van der Waals surface area (Å²) in [6.07, 6.45) is 0. The molecule has 0 rings (SSSR count). The molecule has 0 aromatic carbocycles. The molecule has 8 heteroatoms. The van der Waals surface area contributed by atoms with Crippen molar-refractivity contribution in [3.8, 4) is 0 Å². The molecule has 0 aromatic heterocycles. The van der Waals surface area contributed by atoms with Crippen LogP contribution in [0.1, 0.15) is 0 Å². The van der Waals surface area contributed by atoms with Crippen LogP contribution in [0.25, 0.3) is 0 Å². The summed E-state index contributed by atoms with van der Waals surface area (Å²) in [7, 11) is -1.17. The molecule has 0 aliphatic rings. The van der Waals surface area contributed by atoms with Gasteiger partial charge in [0.2, 0.25) is 0 Å². The smallest absolute Gasteiger partial charge is 0.356 e. The Morgan fingerprint density at radius 2 is 1.50 bits per heavy atom. The molecule has 42 valence electrons. The number of hydrogen-bond acceptors (Lipinski definition) is 4. The largest absolute Gasteiger partial charge is 1.00 e. The normalized spacial score (nSPS) is 5.62. The standard InChI is InChI=1S/NO3.Na.HO2P/c2-1(3)4;;1-3-2/h;;3H/q-1;+1;/p+1. The van der Waals surface area contributed by atoms with Crippen molar-refractivity contribution in [1.82, 2.24) is 0 Å². The maximum atomic E-state index is 8.51. The van der Waals surface area contributed by atoms with Crippen LogP contribution in [0.3, 0.4) is 0 Å². The van der Waals surface area contributed by atoms with Crippen molar-refractivity contribution in [1.29, 1.82) is 0 Å². The van der Waals surface area contributed by atoms with Gasteiger partial charge in [0.15, 0.2) is 0 Å². The summed E-state index contributed by atoms with van der Waals surface area (Å²) < 4.78 is 8.51. The summed E-state index contributed by atoms with van der Waals surface area (Å²) in [6.45, 7) is 0. The van der Waals surface area contributed by atoms with Crippen LogP contribution < -0.4 is 29.6 Å². The van der Waals surface area contributed by atoms with E-state index in [4.69, 9.17) is 24.8 Å². The van der Waals surface area contributed by atoms with Gasteiger partial charge in [0.05, 0.1) is 5.09 Å². The maximum Gasteiger partial charge on any atom is 1.00 e. The quantitative estimate of drug-likeness (QED) is 0.168. The Morgan fingerprint density at radius 1 is 1.50 bits per heavy atom. The summed E-state index contributed by atoms with van der Waals surface area (Å²) in [6, 6.07) is 0. The van der Waals surface area contributed by atoms with Crippen molar-refractivity contribution < 1.29 is 44.1 Å². The minimum atomic E-state index is -1.75. The average molecular weight is 150 g/mol. The first-order valence-electron chi connectivity index (χ1n) is 0.975. The van der Waals surface area contributed by atoms with E-state index in [1.165, 1.54) is 0 Å². The molecule has 8 heavy (non-hydrogen) atoms. The second kappa shape index (κ2) is 15.7. The van der Waals surface area contributed by atoms with Gasteiger partial charge in [0.1, 0.15) is 0 Å². The molecular weight excluding hydrogens is 148 g/mol. The predicted octanol–water partition coefficient (Wildman–Crippen LogP) is -3.32. The summed E-state index contributed by atoms with van der Waals surface area (Å²) in [5.41, 5.74) is 0. The predicted molar refractivity (Wildman–Crippen MR) is 21.6 cm³/mol. The molecule has 0 aliphatic carbocycles. The van der Waals surface area contributed by atoms with Gasteiger partial charge in [-0.15, -0.1) is 0 Å². The minimum Gasteiger partial charge on any atom is -0.356 e. The zero-order valence-electron chi connectivity index (χ0n) is 4.03. The van der Waals surface area contributed by atoms with Crippen molar-refractivity contribution in [3.63, 3.8) is 0 Å². The zero-order valence-corrected chi connectivity index (χ0v) is 7.03. The third-order valence-corrected chi connectivity index (χ3v) is 0. The summed E-state index contributed by atoms with van der Waals surface area (Å²) in [4.78, 5) is 15.3. The van der Waals surface area contributed by atoms with Gasteiger partial charge in [-0.25, -0.2) is 0 Å². The summed E-state index contributed by atoms with van der Waals surface area (Å²) in [5.74, 6) is 0. The van der Waals surface area contributed by atoms with Gasteiger partial charge in [-0.05, 0) is 4.57 Å². The molecule has 0 amide bonds. The van der Waals surface area contributed by atoms with Crippen LogP contribution in [0.5, 0.6) is 0 Å². The molecule has 1 unspecified atom stereocenters. The fraction of sp³-hybridized carbons (Fsp3) is 0.